The van der Waals surface area contributed by atoms with E-state index in [0.29, 0.717) is 12.3 Å². The molecule has 0 radical (unpaired) electrons. The normalized spacial score (nSPS) is 14.1. The zero-order valence-electron chi connectivity index (χ0n) is 15.4. The Kier molecular flexibility index (Phi) is 10.8. The minimum Gasteiger partial charge on any atom is -0.311 e. The van der Waals surface area contributed by atoms with Crippen molar-refractivity contribution in [1.29, 1.82) is 0 Å². The highest BCUT2D eigenvalue weighted by atomic mass is 31.2. The lowest BCUT2D eigenvalue weighted by Crippen LogP contribution is -2.16. The summed E-state index contributed by atoms with van der Waals surface area (Å²) in [7, 11) is -2.01. The van der Waals surface area contributed by atoms with Crippen molar-refractivity contribution in [2.45, 2.75) is 51.9 Å². The van der Waals surface area contributed by atoms with Crippen LogP contribution < -0.4 is 0 Å². The smallest absolute Gasteiger partial charge is 0.311 e. The van der Waals surface area contributed by atoms with Crippen LogP contribution in [0.2, 0.25) is 0 Å². The Morgan fingerprint density at radius 3 is 1.65 bits per heavy atom. The zero-order chi connectivity index (χ0) is 18.1. The molecule has 0 aromatic rings. The molecule has 0 saturated heterocycles. The second kappa shape index (κ2) is 10.8. The van der Waals surface area contributed by atoms with Gasteiger partial charge in [0, 0.05) is 28.4 Å². The van der Waals surface area contributed by atoms with Gasteiger partial charge in [-0.3, -0.25) is 9.13 Å². The Labute approximate surface area is 141 Å². The molecular formula is C15H32O6P2. The first-order chi connectivity index (χ1) is 10.7. The molecule has 6 nitrogen and oxygen atoms in total. The quantitative estimate of drug-likeness (QED) is 0.336. The summed E-state index contributed by atoms with van der Waals surface area (Å²) in [6.45, 7) is 6.26. The third-order valence-corrected chi connectivity index (χ3v) is 9.59. The molecule has 0 saturated carbocycles. The Balaban J connectivity index is 5.02. The Morgan fingerprint density at radius 2 is 1.30 bits per heavy atom. The van der Waals surface area contributed by atoms with E-state index in [4.69, 9.17) is 18.1 Å². The summed E-state index contributed by atoms with van der Waals surface area (Å²) in [5.74, 6) is 0.387. The van der Waals surface area contributed by atoms with Crippen LogP contribution in [0.25, 0.3) is 0 Å². The van der Waals surface area contributed by atoms with Crippen LogP contribution in [0, 0.1) is 5.92 Å². The highest BCUT2D eigenvalue weighted by molar-refractivity contribution is 7.72. The van der Waals surface area contributed by atoms with Crippen LogP contribution in [-0.2, 0) is 27.2 Å². The molecule has 1 unspecified atom stereocenters. The predicted molar refractivity (Wildman–Crippen MR) is 94.1 cm³/mol. The monoisotopic (exact) mass is 370 g/mol. The molecule has 0 aromatic heterocycles. The van der Waals surface area contributed by atoms with E-state index in [2.05, 4.69) is 26.8 Å². The summed E-state index contributed by atoms with van der Waals surface area (Å²) < 4.78 is 45.6. The van der Waals surface area contributed by atoms with Gasteiger partial charge >= 0.3 is 15.2 Å². The van der Waals surface area contributed by atoms with Crippen molar-refractivity contribution in [2.75, 3.05) is 28.4 Å². The lowest BCUT2D eigenvalue weighted by atomic mass is 10.00. The second-order valence-corrected chi connectivity index (χ2v) is 11.1. The largest absolute Gasteiger partial charge is 0.345 e. The average molecular weight is 370 g/mol. The van der Waals surface area contributed by atoms with E-state index < -0.39 is 20.6 Å². The molecule has 0 amide bonds. The fraction of sp³-hybridized carbons (Fsp3) is 0.867. The molecular weight excluding hydrogens is 338 g/mol. The molecule has 0 aliphatic heterocycles. The topological polar surface area (TPSA) is 71.1 Å². The summed E-state index contributed by atoms with van der Waals surface area (Å²) >= 11 is 0. The second-order valence-electron chi connectivity index (χ2n) is 5.83. The molecule has 0 N–H and O–H groups in total. The van der Waals surface area contributed by atoms with E-state index in [-0.39, 0.29) is 0 Å². The highest BCUT2D eigenvalue weighted by Gasteiger charge is 2.48. The molecule has 0 aliphatic carbocycles. The van der Waals surface area contributed by atoms with Crippen LogP contribution in [0.5, 0.6) is 0 Å². The van der Waals surface area contributed by atoms with Crippen molar-refractivity contribution < 1.29 is 27.2 Å². The zero-order valence-corrected chi connectivity index (χ0v) is 17.2. The van der Waals surface area contributed by atoms with Crippen LogP contribution in [-0.4, -0.2) is 33.8 Å². The minimum atomic E-state index is -3.57. The molecule has 0 aliphatic rings. The van der Waals surface area contributed by atoms with Crippen molar-refractivity contribution in [3.05, 3.63) is 11.6 Å². The van der Waals surface area contributed by atoms with Gasteiger partial charge in [0.15, 0.2) is 5.40 Å². The molecule has 0 rings (SSSR count). The Hall–Kier alpha value is 0.0400. The maximum atomic E-state index is 12.7. The van der Waals surface area contributed by atoms with Gasteiger partial charge in [-0.1, -0.05) is 18.6 Å². The van der Waals surface area contributed by atoms with Crippen molar-refractivity contribution in [1.82, 2.24) is 0 Å². The lowest BCUT2D eigenvalue weighted by molar-refractivity contribution is 0.242. The van der Waals surface area contributed by atoms with Gasteiger partial charge in [-0.2, -0.15) is 0 Å². The standard InChI is InChI=1S/C15H32O6P2/c1-13(2)9-8-10-14(3)11-12-15(22(16,18-4)19-5)23(17,20-6)21-7/h9,14-15H,8,10-12H2,1-7H3. The van der Waals surface area contributed by atoms with Crippen molar-refractivity contribution in [3.63, 3.8) is 0 Å². The first-order valence-corrected chi connectivity index (χ1v) is 11.0. The van der Waals surface area contributed by atoms with Crippen LogP contribution in [0.4, 0.5) is 0 Å². The van der Waals surface area contributed by atoms with Crippen molar-refractivity contribution in [2.24, 2.45) is 5.92 Å². The molecule has 1 atom stereocenters. The summed E-state index contributed by atoms with van der Waals surface area (Å²) in [5.41, 5.74) is 1.29. The van der Waals surface area contributed by atoms with E-state index in [1.165, 1.54) is 34.0 Å². The maximum Gasteiger partial charge on any atom is 0.345 e. The minimum absolute atomic E-state index is 0.383. The fourth-order valence-electron chi connectivity index (χ4n) is 2.36. The summed E-state index contributed by atoms with van der Waals surface area (Å²) in [6.07, 6.45) is 5.31. The first-order valence-electron chi connectivity index (χ1n) is 7.74. The summed E-state index contributed by atoms with van der Waals surface area (Å²) in [6, 6.07) is 0. The number of hydrogen-bond acceptors (Lipinski definition) is 6. The Morgan fingerprint density at radius 1 is 0.870 bits per heavy atom. The van der Waals surface area contributed by atoms with Gasteiger partial charge in [-0.05, 0) is 45.4 Å². The van der Waals surface area contributed by atoms with E-state index in [1.807, 2.05) is 0 Å². The molecule has 0 spiro atoms. The molecule has 8 heteroatoms. The highest BCUT2D eigenvalue weighted by Crippen LogP contribution is 2.70. The van der Waals surface area contributed by atoms with Gasteiger partial charge in [0.25, 0.3) is 0 Å². The molecule has 23 heavy (non-hydrogen) atoms. The fourth-order valence-corrected chi connectivity index (χ4v) is 7.08. The van der Waals surface area contributed by atoms with E-state index >= 15 is 0 Å². The van der Waals surface area contributed by atoms with Crippen LogP contribution >= 0.6 is 15.2 Å². The number of rotatable bonds is 12. The molecule has 0 bridgehead atoms. The van der Waals surface area contributed by atoms with Gasteiger partial charge < -0.3 is 18.1 Å². The lowest BCUT2D eigenvalue weighted by Gasteiger charge is -2.29. The van der Waals surface area contributed by atoms with E-state index in [1.54, 1.807) is 0 Å². The van der Waals surface area contributed by atoms with Crippen LogP contribution in [0.3, 0.4) is 0 Å². The van der Waals surface area contributed by atoms with E-state index in [0.717, 1.165) is 19.3 Å². The first kappa shape index (κ1) is 23.0. The van der Waals surface area contributed by atoms with Gasteiger partial charge in [0.1, 0.15) is 0 Å². The summed E-state index contributed by atoms with van der Waals surface area (Å²) in [4.78, 5) is 0. The third-order valence-electron chi connectivity index (χ3n) is 3.88. The average Bonchev–Trinajstić information content (AvgIpc) is 2.53. The number of hydrogen-bond donors (Lipinski definition) is 0. The van der Waals surface area contributed by atoms with Crippen LogP contribution in [0.1, 0.15) is 46.5 Å². The van der Waals surface area contributed by atoms with Gasteiger partial charge in [0.2, 0.25) is 0 Å². The van der Waals surface area contributed by atoms with Crippen molar-refractivity contribution in [3.8, 4) is 0 Å². The van der Waals surface area contributed by atoms with Crippen molar-refractivity contribution >= 4 is 15.2 Å². The number of allylic oxidation sites excluding steroid dienone is 2. The Bertz CT molecular complexity index is 417. The molecule has 0 aromatic carbocycles. The SMILES string of the molecule is COP(=O)(OC)C(CCC(C)CCC=C(C)C)P(=O)(OC)OC. The van der Waals surface area contributed by atoms with Crippen LogP contribution in [0.15, 0.2) is 11.6 Å². The molecule has 138 valence electrons. The van der Waals surface area contributed by atoms with E-state index in [9.17, 15) is 9.13 Å². The summed E-state index contributed by atoms with van der Waals surface area (Å²) in [5, 5.41) is -0.925. The third kappa shape index (κ3) is 7.21. The van der Waals surface area contributed by atoms with Gasteiger partial charge in [-0.25, -0.2) is 0 Å². The van der Waals surface area contributed by atoms with Gasteiger partial charge in [-0.15, -0.1) is 0 Å². The molecule has 0 heterocycles. The van der Waals surface area contributed by atoms with Gasteiger partial charge in [0.05, 0.1) is 0 Å². The molecule has 0 fully saturated rings. The maximum absolute atomic E-state index is 12.7. The predicted octanol–water partition coefficient (Wildman–Crippen LogP) is 5.45.